The van der Waals surface area contributed by atoms with Crippen LogP contribution < -0.4 is 10.9 Å². The van der Waals surface area contributed by atoms with Gasteiger partial charge in [0.15, 0.2) is 0 Å². The van der Waals surface area contributed by atoms with Crippen LogP contribution in [0.25, 0.3) is 0 Å². The lowest BCUT2D eigenvalue weighted by Crippen LogP contribution is -2.41. The van der Waals surface area contributed by atoms with Crippen molar-refractivity contribution in [2.24, 2.45) is 0 Å². The molecule has 0 aromatic carbocycles. The Bertz CT molecular complexity index is 497. The van der Waals surface area contributed by atoms with E-state index >= 15 is 0 Å². The van der Waals surface area contributed by atoms with E-state index in [1.165, 1.54) is 18.6 Å². The van der Waals surface area contributed by atoms with Gasteiger partial charge in [-0.2, -0.15) is 0 Å². The Morgan fingerprint density at radius 2 is 1.58 bits per heavy atom. The van der Waals surface area contributed by atoms with Crippen LogP contribution in [0.4, 0.5) is 0 Å². The molecule has 98 valence electrons. The molecule has 0 bridgehead atoms. The first-order chi connectivity index (χ1) is 8.77. The topological polar surface area (TPSA) is 84.0 Å². The van der Waals surface area contributed by atoms with Gasteiger partial charge in [-0.3, -0.25) is 30.4 Å². The van der Waals surface area contributed by atoms with Gasteiger partial charge < -0.3 is 0 Å². The second-order valence-corrected chi connectivity index (χ2v) is 3.36. The van der Waals surface area contributed by atoms with E-state index in [-0.39, 0.29) is 18.1 Å². The molecule has 2 aromatic rings. The summed E-state index contributed by atoms with van der Waals surface area (Å²) in [5.41, 5.74) is 5.20. The van der Waals surface area contributed by atoms with E-state index in [1.54, 1.807) is 30.3 Å². The molecular weight excluding hydrogens is 268 g/mol. The number of aromatic nitrogens is 2. The van der Waals surface area contributed by atoms with Crippen LogP contribution in [0, 0.1) is 0 Å². The molecule has 7 heteroatoms. The van der Waals surface area contributed by atoms with Crippen molar-refractivity contribution in [1.82, 2.24) is 20.8 Å². The van der Waals surface area contributed by atoms with Gasteiger partial charge in [0.05, 0.1) is 0 Å². The van der Waals surface area contributed by atoms with Crippen LogP contribution in [0.5, 0.6) is 0 Å². The molecule has 6 nitrogen and oxygen atoms in total. The maximum atomic E-state index is 11.6. The molecule has 2 aromatic heterocycles. The first-order valence-electron chi connectivity index (χ1n) is 5.19. The molecule has 0 aliphatic heterocycles. The lowest BCUT2D eigenvalue weighted by molar-refractivity contribution is 0.0844. The highest BCUT2D eigenvalue weighted by Gasteiger charge is 2.08. The van der Waals surface area contributed by atoms with Crippen LogP contribution in [0.3, 0.4) is 0 Å². The molecule has 0 saturated heterocycles. The van der Waals surface area contributed by atoms with Gasteiger partial charge in [-0.05, 0) is 24.3 Å². The van der Waals surface area contributed by atoms with Gasteiger partial charge in [0.2, 0.25) is 0 Å². The number of hydrazine groups is 1. The summed E-state index contributed by atoms with van der Waals surface area (Å²) in [6.07, 6.45) is 4.49. The molecule has 0 atom stereocenters. The van der Waals surface area contributed by atoms with Crippen LogP contribution in [0.2, 0.25) is 0 Å². The summed E-state index contributed by atoms with van der Waals surface area (Å²) in [7, 11) is 0. The zero-order valence-corrected chi connectivity index (χ0v) is 10.6. The maximum absolute atomic E-state index is 11.6. The van der Waals surface area contributed by atoms with Crippen molar-refractivity contribution in [3.8, 4) is 0 Å². The van der Waals surface area contributed by atoms with Crippen molar-refractivity contribution in [2.75, 3.05) is 0 Å². The minimum Gasteiger partial charge on any atom is -0.267 e. The molecule has 19 heavy (non-hydrogen) atoms. The van der Waals surface area contributed by atoms with E-state index < -0.39 is 11.8 Å². The summed E-state index contributed by atoms with van der Waals surface area (Å²) in [4.78, 5) is 30.8. The first-order valence-corrected chi connectivity index (χ1v) is 5.19. The summed E-state index contributed by atoms with van der Waals surface area (Å²) in [5, 5.41) is 0. The zero-order chi connectivity index (χ0) is 12.8. The second-order valence-electron chi connectivity index (χ2n) is 3.36. The van der Waals surface area contributed by atoms with Gasteiger partial charge in [-0.1, -0.05) is 6.07 Å². The van der Waals surface area contributed by atoms with Crippen LogP contribution in [0.15, 0.2) is 48.9 Å². The molecule has 0 fully saturated rings. The Balaban J connectivity index is 0.00000180. The average molecular weight is 279 g/mol. The molecule has 2 heterocycles. The van der Waals surface area contributed by atoms with Crippen molar-refractivity contribution < 1.29 is 9.59 Å². The van der Waals surface area contributed by atoms with E-state index in [9.17, 15) is 9.59 Å². The van der Waals surface area contributed by atoms with Crippen molar-refractivity contribution >= 4 is 24.2 Å². The number of amides is 2. The fraction of sp³-hybridized carbons (Fsp3) is 0. The molecule has 0 saturated carbocycles. The number of nitrogens with zero attached hydrogens (tertiary/aromatic N) is 2. The first kappa shape index (κ1) is 14.6. The van der Waals surface area contributed by atoms with E-state index in [4.69, 9.17) is 0 Å². The standard InChI is InChI=1S/C12H10N4O2.ClH/c17-11(9-4-7-13-8-5-9)15-16-12(18)10-3-1-2-6-14-10;/h1-8H,(H,15,17)(H,16,18);1H. The molecule has 0 radical (unpaired) electrons. The highest BCUT2D eigenvalue weighted by atomic mass is 35.5. The Labute approximate surface area is 115 Å². The third-order valence-electron chi connectivity index (χ3n) is 2.13. The fourth-order valence-electron chi connectivity index (χ4n) is 1.25. The summed E-state index contributed by atoms with van der Waals surface area (Å²) in [6.45, 7) is 0. The van der Waals surface area contributed by atoms with Crippen molar-refractivity contribution in [3.05, 3.63) is 60.2 Å². The second kappa shape index (κ2) is 7.07. The lowest BCUT2D eigenvalue weighted by atomic mass is 10.2. The summed E-state index contributed by atoms with van der Waals surface area (Å²) < 4.78 is 0. The molecule has 2 amide bonds. The van der Waals surface area contributed by atoms with Crippen molar-refractivity contribution in [3.63, 3.8) is 0 Å². The number of hydrogen-bond donors (Lipinski definition) is 2. The van der Waals surface area contributed by atoms with E-state index in [2.05, 4.69) is 20.8 Å². The molecule has 2 rings (SSSR count). The van der Waals surface area contributed by atoms with E-state index in [1.807, 2.05) is 0 Å². The Morgan fingerprint density at radius 1 is 0.895 bits per heavy atom. The van der Waals surface area contributed by atoms with E-state index in [0.717, 1.165) is 0 Å². The highest BCUT2D eigenvalue weighted by molar-refractivity contribution is 5.98. The Kier molecular flexibility index (Phi) is 5.43. The molecule has 0 aliphatic rings. The number of nitrogens with one attached hydrogen (secondary N) is 2. The number of pyridine rings is 2. The number of hydrogen-bond acceptors (Lipinski definition) is 4. The van der Waals surface area contributed by atoms with Crippen LogP contribution >= 0.6 is 12.4 Å². The third-order valence-corrected chi connectivity index (χ3v) is 2.13. The number of carbonyl (C=O) groups is 2. The zero-order valence-electron chi connectivity index (χ0n) is 9.74. The SMILES string of the molecule is Cl.O=C(NNC(=O)c1ccccn1)c1ccncc1. The molecule has 0 aliphatic carbocycles. The predicted octanol–water partition coefficient (Wildman–Crippen LogP) is 0.973. The van der Waals surface area contributed by atoms with Crippen molar-refractivity contribution in [1.29, 1.82) is 0 Å². The number of rotatable bonds is 2. The number of carbonyl (C=O) groups excluding carboxylic acids is 2. The van der Waals surface area contributed by atoms with Gasteiger partial charge in [-0.15, -0.1) is 12.4 Å². The summed E-state index contributed by atoms with van der Waals surface area (Å²) in [5.74, 6) is -0.889. The lowest BCUT2D eigenvalue weighted by Gasteiger charge is -2.06. The Morgan fingerprint density at radius 3 is 2.21 bits per heavy atom. The monoisotopic (exact) mass is 278 g/mol. The molecule has 2 N–H and O–H groups in total. The Hall–Kier alpha value is -2.47. The quantitative estimate of drug-likeness (QED) is 0.802. The smallest absolute Gasteiger partial charge is 0.267 e. The van der Waals surface area contributed by atoms with Crippen LogP contribution in [-0.2, 0) is 0 Å². The van der Waals surface area contributed by atoms with Gasteiger partial charge >= 0.3 is 0 Å². The van der Waals surface area contributed by atoms with Gasteiger partial charge in [-0.25, -0.2) is 0 Å². The van der Waals surface area contributed by atoms with Gasteiger partial charge in [0.25, 0.3) is 11.8 Å². The third kappa shape index (κ3) is 4.04. The van der Waals surface area contributed by atoms with Crippen LogP contribution in [0.1, 0.15) is 20.8 Å². The summed E-state index contributed by atoms with van der Waals surface area (Å²) in [6, 6.07) is 8.03. The van der Waals surface area contributed by atoms with Crippen LogP contribution in [-0.4, -0.2) is 21.8 Å². The van der Waals surface area contributed by atoms with Gasteiger partial charge in [0, 0.05) is 24.2 Å². The van der Waals surface area contributed by atoms with E-state index in [0.29, 0.717) is 5.56 Å². The normalized spacial score (nSPS) is 9.05. The minimum absolute atomic E-state index is 0. The maximum Gasteiger partial charge on any atom is 0.288 e. The molecular formula is C12H11ClN4O2. The largest absolute Gasteiger partial charge is 0.288 e. The minimum atomic E-state index is -0.474. The average Bonchev–Trinajstić information content (AvgIpc) is 2.46. The van der Waals surface area contributed by atoms with Gasteiger partial charge in [0.1, 0.15) is 5.69 Å². The molecule has 0 spiro atoms. The van der Waals surface area contributed by atoms with Crippen molar-refractivity contribution in [2.45, 2.75) is 0 Å². The predicted molar refractivity (Wildman–Crippen MR) is 70.7 cm³/mol. The summed E-state index contributed by atoms with van der Waals surface area (Å²) >= 11 is 0. The molecule has 0 unspecified atom stereocenters. The highest BCUT2D eigenvalue weighted by Crippen LogP contribution is 1.95. The fourth-order valence-corrected chi connectivity index (χ4v) is 1.25. The number of halogens is 1.